The lowest BCUT2D eigenvalue weighted by Gasteiger charge is -2.16. The van der Waals surface area contributed by atoms with Crippen molar-refractivity contribution in [3.63, 3.8) is 0 Å². The average molecular weight is 424 g/mol. The highest BCUT2D eigenvalue weighted by Gasteiger charge is 2.43. The Morgan fingerprint density at radius 3 is 2.28 bits per heavy atom. The molecule has 0 aliphatic carbocycles. The molecule has 6 nitrogen and oxygen atoms in total. The number of alkyl halides is 3. The molecule has 0 amide bonds. The molecule has 1 N–H and O–H groups in total. The first-order valence-electron chi connectivity index (χ1n) is 7.85. The van der Waals surface area contributed by atoms with E-state index in [0.29, 0.717) is 0 Å². The normalized spacial score (nSPS) is 11.3. The number of benzene rings is 1. The minimum atomic E-state index is -5.70. The van der Waals surface area contributed by atoms with Crippen LogP contribution in [0.5, 0.6) is 0 Å². The van der Waals surface area contributed by atoms with Crippen LogP contribution in [0.25, 0.3) is 5.69 Å². The van der Waals surface area contributed by atoms with Gasteiger partial charge in [-0.2, -0.15) is 23.5 Å². The standard InChI is InChI=1S/C16H11F7N4O2/c1-2-29-8(28)3-4-25-15-7(5-24)6-26-27(15)14-12(19)10(17)9(16(21,22)23)11(18)13(14)20/h6,25H,2-4H2,1H3. The number of nitriles is 1. The Balaban J connectivity index is 2.55. The Hall–Kier alpha value is -3.30. The largest absolute Gasteiger partial charge is 0.466 e. The third-order valence-electron chi connectivity index (χ3n) is 3.55. The number of rotatable bonds is 6. The minimum absolute atomic E-state index is 0.0841. The van der Waals surface area contributed by atoms with Crippen LogP contribution in [0.15, 0.2) is 6.20 Å². The summed E-state index contributed by atoms with van der Waals surface area (Å²) in [5.74, 6) is -11.2. The van der Waals surface area contributed by atoms with Crippen LogP contribution < -0.4 is 5.32 Å². The minimum Gasteiger partial charge on any atom is -0.466 e. The van der Waals surface area contributed by atoms with E-state index in [-0.39, 0.29) is 29.8 Å². The summed E-state index contributed by atoms with van der Waals surface area (Å²) in [6.07, 6.45) is -5.19. The summed E-state index contributed by atoms with van der Waals surface area (Å²) in [5.41, 5.74) is -4.69. The number of anilines is 1. The van der Waals surface area contributed by atoms with Gasteiger partial charge in [0.05, 0.1) is 19.2 Å². The number of carbonyl (C=O) groups is 1. The molecule has 0 aliphatic rings. The van der Waals surface area contributed by atoms with Crippen LogP contribution in [0.2, 0.25) is 0 Å². The van der Waals surface area contributed by atoms with E-state index in [2.05, 4.69) is 15.2 Å². The molecule has 2 rings (SSSR count). The first-order valence-corrected chi connectivity index (χ1v) is 7.85. The van der Waals surface area contributed by atoms with Gasteiger partial charge in [0.25, 0.3) is 0 Å². The summed E-state index contributed by atoms with van der Waals surface area (Å²) in [5, 5.41) is 14.9. The zero-order chi connectivity index (χ0) is 21.9. The summed E-state index contributed by atoms with van der Waals surface area (Å²) in [4.78, 5) is 11.3. The molecule has 0 fully saturated rings. The first kappa shape index (κ1) is 22.0. The molecule has 1 aromatic heterocycles. The van der Waals surface area contributed by atoms with E-state index < -0.39 is 52.5 Å². The molecule has 0 radical (unpaired) electrons. The molecule has 29 heavy (non-hydrogen) atoms. The maximum Gasteiger partial charge on any atom is 0.422 e. The molecule has 0 unspecified atom stereocenters. The predicted molar refractivity (Wildman–Crippen MR) is 82.9 cm³/mol. The van der Waals surface area contributed by atoms with Crippen LogP contribution in [0.4, 0.5) is 36.6 Å². The molecule has 0 saturated heterocycles. The molecule has 0 aliphatic heterocycles. The van der Waals surface area contributed by atoms with Crippen LogP contribution in [0.1, 0.15) is 24.5 Å². The third-order valence-corrected chi connectivity index (χ3v) is 3.55. The van der Waals surface area contributed by atoms with Crippen molar-refractivity contribution in [3.05, 3.63) is 40.6 Å². The van der Waals surface area contributed by atoms with Crippen molar-refractivity contribution < 1.29 is 40.3 Å². The number of carbonyl (C=O) groups excluding carboxylic acids is 1. The number of nitrogens with zero attached hydrogens (tertiary/aromatic N) is 3. The number of aromatic nitrogens is 2. The molecule has 0 saturated carbocycles. The second kappa shape index (κ2) is 8.38. The fourth-order valence-corrected chi connectivity index (χ4v) is 2.34. The summed E-state index contributed by atoms with van der Waals surface area (Å²) in [6, 6.07) is 1.58. The van der Waals surface area contributed by atoms with E-state index in [1.165, 1.54) is 0 Å². The highest BCUT2D eigenvalue weighted by atomic mass is 19.4. The zero-order valence-corrected chi connectivity index (χ0v) is 14.5. The lowest BCUT2D eigenvalue weighted by molar-refractivity contribution is -0.143. The van der Waals surface area contributed by atoms with Crippen molar-refractivity contribution in [2.75, 3.05) is 18.5 Å². The maximum absolute atomic E-state index is 14.2. The zero-order valence-electron chi connectivity index (χ0n) is 14.5. The van der Waals surface area contributed by atoms with Crippen LogP contribution in [-0.4, -0.2) is 28.9 Å². The highest BCUT2D eigenvalue weighted by Crippen LogP contribution is 2.38. The van der Waals surface area contributed by atoms with Gasteiger partial charge in [-0.3, -0.25) is 4.79 Å². The first-order chi connectivity index (χ1) is 13.5. The predicted octanol–water partition coefficient (Wildman–Crippen LogP) is 3.68. The van der Waals surface area contributed by atoms with Crippen molar-refractivity contribution in [1.82, 2.24) is 9.78 Å². The van der Waals surface area contributed by atoms with E-state index in [1.807, 2.05) is 0 Å². The number of ether oxygens (including phenoxy) is 1. The molecule has 1 aromatic carbocycles. The van der Waals surface area contributed by atoms with Crippen molar-refractivity contribution in [1.29, 1.82) is 5.26 Å². The Labute approximate surface area is 158 Å². The molecule has 1 heterocycles. The number of nitrogens with one attached hydrogen (secondary N) is 1. The topological polar surface area (TPSA) is 79.9 Å². The summed E-state index contributed by atoms with van der Waals surface area (Å²) in [6.45, 7) is 1.39. The van der Waals surface area contributed by atoms with E-state index in [4.69, 9.17) is 5.26 Å². The highest BCUT2D eigenvalue weighted by molar-refractivity contribution is 5.70. The van der Waals surface area contributed by atoms with Gasteiger partial charge in [0.2, 0.25) is 0 Å². The van der Waals surface area contributed by atoms with Gasteiger partial charge in [0.15, 0.2) is 23.3 Å². The van der Waals surface area contributed by atoms with Crippen LogP contribution >= 0.6 is 0 Å². The van der Waals surface area contributed by atoms with Crippen molar-refractivity contribution in [3.8, 4) is 11.8 Å². The summed E-state index contributed by atoms with van der Waals surface area (Å²) in [7, 11) is 0. The Bertz CT molecular complexity index is 950. The number of hydrogen-bond donors (Lipinski definition) is 1. The molecular formula is C16H11F7N4O2. The monoisotopic (exact) mass is 424 g/mol. The van der Waals surface area contributed by atoms with Gasteiger partial charge in [-0.05, 0) is 6.92 Å². The lowest BCUT2D eigenvalue weighted by Crippen LogP contribution is -2.20. The number of esters is 1. The fourth-order valence-electron chi connectivity index (χ4n) is 2.34. The Kier molecular flexibility index (Phi) is 6.35. The molecule has 0 spiro atoms. The van der Waals surface area contributed by atoms with Gasteiger partial charge >= 0.3 is 12.1 Å². The molecule has 13 heteroatoms. The van der Waals surface area contributed by atoms with Gasteiger partial charge in [-0.1, -0.05) is 0 Å². The van der Waals surface area contributed by atoms with E-state index in [1.54, 1.807) is 13.0 Å². The van der Waals surface area contributed by atoms with Crippen LogP contribution in [-0.2, 0) is 15.7 Å². The fraction of sp³-hybridized carbons (Fsp3) is 0.312. The van der Waals surface area contributed by atoms with Gasteiger partial charge in [0, 0.05) is 6.54 Å². The number of halogens is 7. The molecule has 0 atom stereocenters. The van der Waals surface area contributed by atoms with Gasteiger partial charge in [-0.15, -0.1) is 0 Å². The third kappa shape index (κ3) is 4.25. The van der Waals surface area contributed by atoms with Crippen LogP contribution in [0.3, 0.4) is 0 Å². The van der Waals surface area contributed by atoms with E-state index >= 15 is 0 Å². The SMILES string of the molecule is CCOC(=O)CCNc1c(C#N)cnn1-c1c(F)c(F)c(C(F)(F)F)c(F)c1F. The quantitative estimate of drug-likeness (QED) is 0.435. The second-order valence-electron chi connectivity index (χ2n) is 5.39. The summed E-state index contributed by atoms with van der Waals surface area (Å²) < 4.78 is 99.2. The lowest BCUT2D eigenvalue weighted by atomic mass is 10.1. The van der Waals surface area contributed by atoms with Crippen molar-refractivity contribution in [2.24, 2.45) is 0 Å². The summed E-state index contributed by atoms with van der Waals surface area (Å²) >= 11 is 0. The molecule has 156 valence electrons. The second-order valence-corrected chi connectivity index (χ2v) is 5.39. The van der Waals surface area contributed by atoms with Gasteiger partial charge < -0.3 is 10.1 Å². The molecule has 0 bridgehead atoms. The van der Waals surface area contributed by atoms with E-state index in [0.717, 1.165) is 6.20 Å². The van der Waals surface area contributed by atoms with Crippen LogP contribution in [0, 0.1) is 34.6 Å². The van der Waals surface area contributed by atoms with Gasteiger partial charge in [-0.25, -0.2) is 22.2 Å². The molecule has 2 aromatic rings. The Morgan fingerprint density at radius 2 is 1.79 bits per heavy atom. The molecular weight excluding hydrogens is 413 g/mol. The number of hydrogen-bond acceptors (Lipinski definition) is 5. The van der Waals surface area contributed by atoms with Crippen molar-refractivity contribution in [2.45, 2.75) is 19.5 Å². The maximum atomic E-state index is 14.2. The van der Waals surface area contributed by atoms with Gasteiger partial charge in [0.1, 0.15) is 28.7 Å². The Morgan fingerprint density at radius 1 is 1.21 bits per heavy atom. The van der Waals surface area contributed by atoms with Crippen molar-refractivity contribution >= 4 is 11.8 Å². The smallest absolute Gasteiger partial charge is 0.422 e. The average Bonchev–Trinajstić information content (AvgIpc) is 3.02. The van der Waals surface area contributed by atoms with E-state index in [9.17, 15) is 35.5 Å².